The van der Waals surface area contributed by atoms with Gasteiger partial charge in [-0.15, -0.1) is 0 Å². The molecule has 1 rings (SSSR count). The first-order valence-corrected chi connectivity index (χ1v) is 4.58. The number of carbonyl (C=O) groups excluding carboxylic acids is 1. The predicted octanol–water partition coefficient (Wildman–Crippen LogP) is 1.39. The smallest absolute Gasteiger partial charge is 0.160 e. The summed E-state index contributed by atoms with van der Waals surface area (Å²) in [5, 5.41) is 0. The molecule has 0 amide bonds. The van der Waals surface area contributed by atoms with Gasteiger partial charge >= 0.3 is 0 Å². The molecule has 1 unspecified atom stereocenters. The minimum Gasteiger partial charge on any atom is -0.297 e. The molecular weight excluding hydrogens is 194 g/mol. The molecule has 0 bridgehead atoms. The highest BCUT2D eigenvalue weighted by atomic mass is 79.9. The second-order valence-electron chi connectivity index (χ2n) is 2.53. The van der Waals surface area contributed by atoms with Gasteiger partial charge in [0.15, 0.2) is 5.78 Å². The van der Waals surface area contributed by atoms with Crippen LogP contribution in [0.3, 0.4) is 0 Å². The van der Waals surface area contributed by atoms with E-state index in [1.54, 1.807) is 0 Å². The summed E-state index contributed by atoms with van der Waals surface area (Å²) in [4.78, 5) is 13.2. The number of hydrogen-bond acceptors (Lipinski definition) is 2. The molecule has 1 saturated heterocycles. The number of alkyl halides is 1. The quantitative estimate of drug-likeness (QED) is 0.477. The highest BCUT2D eigenvalue weighted by Crippen LogP contribution is 2.17. The molecule has 0 aromatic heterocycles. The van der Waals surface area contributed by atoms with Crippen molar-refractivity contribution in [2.45, 2.75) is 24.7 Å². The Kier molecular flexibility index (Phi) is 2.86. The molecule has 1 atom stereocenters. The third-order valence-electron chi connectivity index (χ3n) is 1.86. The van der Waals surface area contributed by atoms with Crippen molar-refractivity contribution in [3.8, 4) is 0 Å². The van der Waals surface area contributed by atoms with Crippen molar-refractivity contribution in [2.75, 3.05) is 13.1 Å². The Morgan fingerprint density at radius 3 is 3.00 bits per heavy atom. The van der Waals surface area contributed by atoms with E-state index in [2.05, 4.69) is 27.8 Å². The van der Waals surface area contributed by atoms with E-state index in [9.17, 15) is 4.79 Å². The first-order chi connectivity index (χ1) is 4.75. The molecule has 0 radical (unpaired) electrons. The number of ketones is 1. The summed E-state index contributed by atoms with van der Waals surface area (Å²) in [6.45, 7) is 4.09. The summed E-state index contributed by atoms with van der Waals surface area (Å²) in [5.41, 5.74) is 0. The lowest BCUT2D eigenvalue weighted by molar-refractivity contribution is -0.123. The van der Waals surface area contributed by atoms with Gasteiger partial charge in [0.2, 0.25) is 0 Å². The van der Waals surface area contributed by atoms with Crippen LogP contribution < -0.4 is 0 Å². The van der Waals surface area contributed by atoms with E-state index in [0.717, 1.165) is 25.9 Å². The highest BCUT2D eigenvalue weighted by Gasteiger charge is 2.25. The normalized spacial score (nSPS) is 29.0. The molecule has 0 aliphatic carbocycles. The van der Waals surface area contributed by atoms with E-state index >= 15 is 0 Å². The Balaban J connectivity index is 2.51. The Hall–Kier alpha value is 0.110. The fraction of sp³-hybridized carbons (Fsp3) is 0.857. The summed E-state index contributed by atoms with van der Waals surface area (Å²) in [5.74, 6) is 0.327. The standard InChI is InChI=1S/C7H12BrNO/c1-2-9-5-3-4-6(10)7(9)8/h7H,2-5H2,1H3. The summed E-state index contributed by atoms with van der Waals surface area (Å²) in [7, 11) is 0. The molecule has 1 heterocycles. The number of nitrogens with zero attached hydrogens (tertiary/aromatic N) is 1. The Bertz CT molecular complexity index is 138. The average Bonchev–Trinajstić information content (AvgIpc) is 1.95. The number of Topliss-reactive ketones (excluding diaryl/α,β-unsaturated/α-hetero) is 1. The Morgan fingerprint density at radius 2 is 2.50 bits per heavy atom. The summed E-state index contributed by atoms with van der Waals surface area (Å²) in [6.07, 6.45) is 1.77. The zero-order valence-electron chi connectivity index (χ0n) is 6.14. The topological polar surface area (TPSA) is 20.3 Å². The number of likely N-dealkylation sites (tertiary alicyclic amines) is 1. The molecule has 1 aliphatic heterocycles. The largest absolute Gasteiger partial charge is 0.297 e. The third-order valence-corrected chi connectivity index (χ3v) is 2.95. The SMILES string of the molecule is CCN1CCCC(=O)C1Br. The summed E-state index contributed by atoms with van der Waals surface area (Å²) in [6, 6.07) is 0. The second-order valence-corrected chi connectivity index (χ2v) is 3.40. The maximum atomic E-state index is 11.1. The summed E-state index contributed by atoms with van der Waals surface area (Å²) >= 11 is 3.36. The van der Waals surface area contributed by atoms with Crippen molar-refractivity contribution >= 4 is 21.7 Å². The first-order valence-electron chi connectivity index (χ1n) is 3.66. The molecule has 2 nitrogen and oxygen atoms in total. The van der Waals surface area contributed by atoms with Crippen LogP contribution in [0.2, 0.25) is 0 Å². The van der Waals surface area contributed by atoms with Crippen molar-refractivity contribution in [1.29, 1.82) is 0 Å². The van der Waals surface area contributed by atoms with Crippen molar-refractivity contribution in [3.63, 3.8) is 0 Å². The fourth-order valence-electron chi connectivity index (χ4n) is 1.21. The van der Waals surface area contributed by atoms with Gasteiger partial charge in [-0.3, -0.25) is 9.69 Å². The lowest BCUT2D eigenvalue weighted by Gasteiger charge is -2.29. The van der Waals surface area contributed by atoms with Crippen LogP contribution in [0, 0.1) is 0 Å². The molecule has 0 aromatic carbocycles. The van der Waals surface area contributed by atoms with E-state index in [0.29, 0.717) is 5.78 Å². The van der Waals surface area contributed by atoms with Crippen LogP contribution in [0.5, 0.6) is 0 Å². The van der Waals surface area contributed by atoms with Gasteiger partial charge in [0.1, 0.15) is 4.95 Å². The van der Waals surface area contributed by atoms with E-state index in [1.807, 2.05) is 0 Å². The zero-order valence-corrected chi connectivity index (χ0v) is 7.73. The second kappa shape index (κ2) is 3.49. The number of halogens is 1. The molecule has 0 spiro atoms. The van der Waals surface area contributed by atoms with Crippen molar-refractivity contribution in [2.24, 2.45) is 0 Å². The number of carbonyl (C=O) groups is 1. The number of piperidine rings is 1. The fourth-order valence-corrected chi connectivity index (χ4v) is 1.93. The van der Waals surface area contributed by atoms with Crippen molar-refractivity contribution in [1.82, 2.24) is 4.90 Å². The van der Waals surface area contributed by atoms with E-state index < -0.39 is 0 Å². The van der Waals surface area contributed by atoms with Gasteiger partial charge in [0.05, 0.1) is 0 Å². The molecule has 3 heteroatoms. The van der Waals surface area contributed by atoms with Gasteiger partial charge < -0.3 is 0 Å². The molecule has 1 fully saturated rings. The van der Waals surface area contributed by atoms with E-state index in [1.165, 1.54) is 0 Å². The number of rotatable bonds is 1. The molecule has 58 valence electrons. The summed E-state index contributed by atoms with van der Waals surface area (Å²) < 4.78 is 0. The zero-order chi connectivity index (χ0) is 7.56. The third kappa shape index (κ3) is 1.58. The van der Waals surface area contributed by atoms with Gasteiger partial charge in [-0.05, 0) is 13.0 Å². The maximum Gasteiger partial charge on any atom is 0.160 e. The van der Waals surface area contributed by atoms with Crippen LogP contribution in [0.15, 0.2) is 0 Å². The maximum absolute atomic E-state index is 11.1. The monoisotopic (exact) mass is 205 g/mol. The van der Waals surface area contributed by atoms with Gasteiger partial charge in [0, 0.05) is 13.0 Å². The molecular formula is C7H12BrNO. The molecule has 0 aromatic rings. The Labute approximate surface area is 69.7 Å². The molecule has 10 heavy (non-hydrogen) atoms. The molecule has 0 saturated carbocycles. The minimum atomic E-state index is -0.00810. The lowest BCUT2D eigenvalue weighted by Crippen LogP contribution is -2.41. The number of hydrogen-bond donors (Lipinski definition) is 0. The Morgan fingerprint density at radius 1 is 1.80 bits per heavy atom. The first kappa shape index (κ1) is 8.21. The van der Waals surface area contributed by atoms with Gasteiger partial charge in [0.25, 0.3) is 0 Å². The van der Waals surface area contributed by atoms with E-state index in [-0.39, 0.29) is 4.95 Å². The highest BCUT2D eigenvalue weighted by molar-refractivity contribution is 9.09. The van der Waals surface area contributed by atoms with Gasteiger partial charge in [-0.2, -0.15) is 0 Å². The van der Waals surface area contributed by atoms with Gasteiger partial charge in [-0.1, -0.05) is 22.9 Å². The van der Waals surface area contributed by atoms with Gasteiger partial charge in [-0.25, -0.2) is 0 Å². The number of likely N-dealkylation sites (N-methyl/N-ethyl adjacent to an activating group) is 1. The van der Waals surface area contributed by atoms with Crippen LogP contribution in [-0.4, -0.2) is 28.7 Å². The van der Waals surface area contributed by atoms with E-state index in [4.69, 9.17) is 0 Å². The molecule has 0 N–H and O–H groups in total. The predicted molar refractivity (Wildman–Crippen MR) is 44.2 cm³/mol. The minimum absolute atomic E-state index is 0.00810. The van der Waals surface area contributed by atoms with Crippen LogP contribution in [0.25, 0.3) is 0 Å². The van der Waals surface area contributed by atoms with Crippen LogP contribution in [-0.2, 0) is 4.79 Å². The molecule has 1 aliphatic rings. The van der Waals surface area contributed by atoms with Crippen molar-refractivity contribution in [3.05, 3.63) is 0 Å². The van der Waals surface area contributed by atoms with Crippen LogP contribution in [0.4, 0.5) is 0 Å². The van der Waals surface area contributed by atoms with Crippen molar-refractivity contribution < 1.29 is 4.79 Å². The lowest BCUT2D eigenvalue weighted by atomic mass is 10.1. The average molecular weight is 206 g/mol. The van der Waals surface area contributed by atoms with Crippen LogP contribution >= 0.6 is 15.9 Å². The van der Waals surface area contributed by atoms with Crippen LogP contribution in [0.1, 0.15) is 19.8 Å².